The monoisotopic (exact) mass is 480 g/mol. The number of piperidine rings is 1. The van der Waals surface area contributed by atoms with Crippen molar-refractivity contribution in [2.24, 2.45) is 0 Å². The number of nitrogens with zero attached hydrogens (tertiary/aromatic N) is 2. The predicted molar refractivity (Wildman–Crippen MR) is 134 cm³/mol. The van der Waals surface area contributed by atoms with E-state index in [1.807, 2.05) is 40.1 Å². The molecular formula is C28H33ClN2O3. The molecule has 0 saturated carbocycles. The van der Waals surface area contributed by atoms with Crippen LogP contribution in [0.25, 0.3) is 0 Å². The van der Waals surface area contributed by atoms with E-state index in [-0.39, 0.29) is 17.6 Å². The van der Waals surface area contributed by atoms with Gasteiger partial charge in [0, 0.05) is 56.5 Å². The first-order valence-corrected chi connectivity index (χ1v) is 12.7. The molecule has 0 bridgehead atoms. The third kappa shape index (κ3) is 6.06. The van der Waals surface area contributed by atoms with Crippen LogP contribution in [0.1, 0.15) is 72.0 Å². The Labute approximate surface area is 207 Å². The molecule has 180 valence electrons. The molecule has 0 spiro atoms. The Morgan fingerprint density at radius 3 is 2.21 bits per heavy atom. The number of fused-ring (bicyclic) bond motifs is 1. The van der Waals surface area contributed by atoms with Gasteiger partial charge in [0.15, 0.2) is 5.78 Å². The molecule has 0 atom stereocenters. The Bertz CT molecular complexity index is 1040. The van der Waals surface area contributed by atoms with E-state index in [0.29, 0.717) is 37.3 Å². The van der Waals surface area contributed by atoms with Crippen molar-refractivity contribution >= 4 is 29.2 Å². The minimum absolute atomic E-state index is 0.0877. The van der Waals surface area contributed by atoms with Gasteiger partial charge in [-0.2, -0.15) is 0 Å². The third-order valence-corrected chi connectivity index (χ3v) is 7.51. The van der Waals surface area contributed by atoms with Gasteiger partial charge in [-0.1, -0.05) is 35.9 Å². The second kappa shape index (κ2) is 11.2. The summed E-state index contributed by atoms with van der Waals surface area (Å²) >= 11 is 5.99. The third-order valence-electron chi connectivity index (χ3n) is 7.26. The Balaban J connectivity index is 1.22. The minimum Gasteiger partial charge on any atom is -0.343 e. The average Bonchev–Trinajstić information content (AvgIpc) is 3.07. The van der Waals surface area contributed by atoms with E-state index in [4.69, 9.17) is 11.6 Å². The van der Waals surface area contributed by atoms with Crippen LogP contribution in [0.5, 0.6) is 0 Å². The van der Waals surface area contributed by atoms with Crippen LogP contribution in [-0.2, 0) is 22.4 Å². The van der Waals surface area contributed by atoms with Gasteiger partial charge in [0.05, 0.1) is 0 Å². The van der Waals surface area contributed by atoms with Gasteiger partial charge >= 0.3 is 0 Å². The highest BCUT2D eigenvalue weighted by molar-refractivity contribution is 6.30. The first-order valence-electron chi connectivity index (χ1n) is 12.3. The van der Waals surface area contributed by atoms with Crippen molar-refractivity contribution in [1.29, 1.82) is 0 Å². The quantitative estimate of drug-likeness (QED) is 0.544. The van der Waals surface area contributed by atoms with Crippen molar-refractivity contribution in [2.75, 3.05) is 26.2 Å². The maximum Gasteiger partial charge on any atom is 0.222 e. The Morgan fingerprint density at radius 1 is 0.853 bits per heavy atom. The number of hydrogen-bond donors (Lipinski definition) is 0. The SMILES string of the molecule is CC(=O)N1CCc2ccc(C(=O)CCCC(=O)N3CCC(c4ccc(Cl)cc4)CC3)cc2CC1. The number of rotatable bonds is 6. The van der Waals surface area contributed by atoms with E-state index < -0.39 is 0 Å². The van der Waals surface area contributed by atoms with Gasteiger partial charge in [0.1, 0.15) is 0 Å². The normalized spacial score (nSPS) is 16.6. The summed E-state index contributed by atoms with van der Waals surface area (Å²) in [7, 11) is 0. The van der Waals surface area contributed by atoms with Gasteiger partial charge < -0.3 is 9.80 Å². The van der Waals surface area contributed by atoms with Gasteiger partial charge in [-0.05, 0) is 72.9 Å². The molecule has 0 unspecified atom stereocenters. The summed E-state index contributed by atoms with van der Waals surface area (Å²) in [5, 5.41) is 0.747. The Hall–Kier alpha value is -2.66. The topological polar surface area (TPSA) is 57.7 Å². The van der Waals surface area contributed by atoms with Crippen LogP contribution in [0.2, 0.25) is 5.02 Å². The van der Waals surface area contributed by atoms with E-state index in [9.17, 15) is 14.4 Å². The molecule has 6 heteroatoms. The zero-order chi connectivity index (χ0) is 24.1. The van der Waals surface area contributed by atoms with E-state index in [1.165, 1.54) is 11.1 Å². The van der Waals surface area contributed by atoms with Crippen molar-refractivity contribution in [2.45, 2.75) is 57.8 Å². The molecule has 0 aromatic heterocycles. The molecule has 2 aromatic carbocycles. The number of likely N-dealkylation sites (tertiary alicyclic amines) is 1. The summed E-state index contributed by atoms with van der Waals surface area (Å²) in [5.74, 6) is 0.805. The minimum atomic E-state index is 0.0877. The molecular weight excluding hydrogens is 448 g/mol. The average molecular weight is 481 g/mol. The number of benzene rings is 2. The molecule has 1 saturated heterocycles. The number of halogens is 1. The Morgan fingerprint density at radius 2 is 1.53 bits per heavy atom. The molecule has 2 aliphatic rings. The number of carbonyl (C=O) groups excluding carboxylic acids is 3. The number of Topliss-reactive ketones (excluding diaryl/α,β-unsaturated/α-hetero) is 1. The second-order valence-electron chi connectivity index (χ2n) is 9.47. The van der Waals surface area contributed by atoms with Crippen molar-refractivity contribution in [1.82, 2.24) is 9.80 Å². The van der Waals surface area contributed by atoms with Crippen molar-refractivity contribution < 1.29 is 14.4 Å². The fourth-order valence-corrected chi connectivity index (χ4v) is 5.24. The first kappa shape index (κ1) is 24.5. The molecule has 2 aliphatic heterocycles. The summed E-state index contributed by atoms with van der Waals surface area (Å²) < 4.78 is 0. The van der Waals surface area contributed by atoms with Gasteiger partial charge in [-0.25, -0.2) is 0 Å². The molecule has 5 nitrogen and oxygen atoms in total. The molecule has 2 heterocycles. The van der Waals surface area contributed by atoms with E-state index in [0.717, 1.165) is 55.9 Å². The van der Waals surface area contributed by atoms with Crippen LogP contribution in [0.3, 0.4) is 0 Å². The molecule has 2 amide bonds. The van der Waals surface area contributed by atoms with E-state index in [1.54, 1.807) is 6.92 Å². The van der Waals surface area contributed by atoms with Gasteiger partial charge in [-0.15, -0.1) is 0 Å². The summed E-state index contributed by atoms with van der Waals surface area (Å²) in [6.45, 7) is 4.57. The van der Waals surface area contributed by atoms with Crippen molar-refractivity contribution in [3.05, 3.63) is 69.7 Å². The zero-order valence-electron chi connectivity index (χ0n) is 19.9. The van der Waals surface area contributed by atoms with Crippen LogP contribution in [-0.4, -0.2) is 53.6 Å². The highest BCUT2D eigenvalue weighted by atomic mass is 35.5. The fraction of sp³-hybridized carbons (Fsp3) is 0.464. The van der Waals surface area contributed by atoms with Crippen LogP contribution in [0.15, 0.2) is 42.5 Å². The predicted octanol–water partition coefficient (Wildman–Crippen LogP) is 5.05. The maximum absolute atomic E-state index is 12.8. The molecule has 2 aromatic rings. The molecule has 0 N–H and O–H groups in total. The lowest BCUT2D eigenvalue weighted by atomic mass is 9.89. The van der Waals surface area contributed by atoms with Crippen LogP contribution in [0.4, 0.5) is 0 Å². The molecule has 4 rings (SSSR count). The summed E-state index contributed by atoms with van der Waals surface area (Å²) in [6.07, 6.45) is 4.89. The number of ketones is 1. The second-order valence-corrected chi connectivity index (χ2v) is 9.91. The number of amides is 2. The standard InChI is InChI=1S/C28H33ClN2O3/c1-20(32)30-15-11-22-5-6-25(19-24(22)14-16-30)27(33)3-2-4-28(34)31-17-12-23(13-18-31)21-7-9-26(29)10-8-21/h5-10,19,23H,2-4,11-18H2,1H3. The van der Waals surface area contributed by atoms with Crippen molar-refractivity contribution in [3.63, 3.8) is 0 Å². The lowest BCUT2D eigenvalue weighted by Gasteiger charge is -2.32. The van der Waals surface area contributed by atoms with Gasteiger partial charge in [-0.3, -0.25) is 14.4 Å². The molecule has 0 radical (unpaired) electrons. The van der Waals surface area contributed by atoms with Crippen LogP contribution in [0, 0.1) is 0 Å². The Kier molecular flexibility index (Phi) is 8.04. The van der Waals surface area contributed by atoms with E-state index in [2.05, 4.69) is 12.1 Å². The smallest absolute Gasteiger partial charge is 0.222 e. The van der Waals surface area contributed by atoms with Crippen LogP contribution >= 0.6 is 11.6 Å². The van der Waals surface area contributed by atoms with Gasteiger partial charge in [0.25, 0.3) is 0 Å². The first-order chi connectivity index (χ1) is 16.4. The lowest BCUT2D eigenvalue weighted by molar-refractivity contribution is -0.132. The molecule has 1 fully saturated rings. The maximum atomic E-state index is 12.8. The van der Waals surface area contributed by atoms with E-state index >= 15 is 0 Å². The largest absolute Gasteiger partial charge is 0.343 e. The fourth-order valence-electron chi connectivity index (χ4n) is 5.11. The number of carbonyl (C=O) groups is 3. The molecule has 34 heavy (non-hydrogen) atoms. The van der Waals surface area contributed by atoms with Crippen molar-refractivity contribution in [3.8, 4) is 0 Å². The molecule has 0 aliphatic carbocycles. The highest BCUT2D eigenvalue weighted by Crippen LogP contribution is 2.29. The lowest BCUT2D eigenvalue weighted by Crippen LogP contribution is -2.37. The summed E-state index contributed by atoms with van der Waals surface area (Å²) in [5.41, 5.74) is 4.38. The van der Waals surface area contributed by atoms with Gasteiger partial charge in [0.2, 0.25) is 11.8 Å². The summed E-state index contributed by atoms with van der Waals surface area (Å²) in [4.78, 5) is 41.0. The zero-order valence-corrected chi connectivity index (χ0v) is 20.7. The summed E-state index contributed by atoms with van der Waals surface area (Å²) in [6, 6.07) is 13.9. The van der Waals surface area contributed by atoms with Crippen LogP contribution < -0.4 is 0 Å². The highest BCUT2D eigenvalue weighted by Gasteiger charge is 2.24. The number of hydrogen-bond acceptors (Lipinski definition) is 3.